The number of likely N-dealkylation sites (N-methyl/N-ethyl adjacent to an activating group) is 1. The number of nitrogens with zero attached hydrogens (tertiary/aromatic N) is 1. The number of hydrogen-bond acceptors (Lipinski definition) is 4. The van der Waals surface area contributed by atoms with Gasteiger partial charge in [0.25, 0.3) is 0 Å². The number of benzene rings is 1. The molecule has 0 radical (unpaired) electrons. The van der Waals surface area contributed by atoms with Crippen molar-refractivity contribution in [3.05, 3.63) is 35.9 Å². The molecular weight excluding hydrogens is 336 g/mol. The number of rotatable bonds is 6. The molecule has 2 atom stereocenters. The third-order valence-electron chi connectivity index (χ3n) is 3.91. The second-order valence-corrected chi connectivity index (χ2v) is 7.56. The van der Waals surface area contributed by atoms with Crippen LogP contribution in [0.2, 0.25) is 0 Å². The summed E-state index contributed by atoms with van der Waals surface area (Å²) in [6, 6.07) is 8.14. The van der Waals surface area contributed by atoms with E-state index in [0.717, 1.165) is 10.5 Å². The van der Waals surface area contributed by atoms with Crippen molar-refractivity contribution in [3.8, 4) is 0 Å². The van der Waals surface area contributed by atoms with Gasteiger partial charge in [0.1, 0.15) is 17.2 Å². The number of aliphatic carboxylic acids is 1. The number of amides is 2. The fourth-order valence-corrected chi connectivity index (χ4v) is 2.22. The first-order valence-electron chi connectivity index (χ1n) is 8.41. The molecule has 0 aliphatic carbocycles. The normalized spacial score (nSPS) is 14.7. The molecule has 0 unspecified atom stereocenters. The van der Waals surface area contributed by atoms with Crippen molar-refractivity contribution >= 4 is 18.0 Å². The fourth-order valence-electron chi connectivity index (χ4n) is 2.22. The minimum Gasteiger partial charge on any atom is -0.480 e. The zero-order chi connectivity index (χ0) is 20.1. The van der Waals surface area contributed by atoms with Crippen LogP contribution in [0.4, 0.5) is 4.79 Å². The van der Waals surface area contributed by atoms with Crippen molar-refractivity contribution in [2.24, 2.45) is 0 Å². The summed E-state index contributed by atoms with van der Waals surface area (Å²) in [6.45, 7) is 8.14. The molecule has 26 heavy (non-hydrogen) atoms. The van der Waals surface area contributed by atoms with E-state index in [2.05, 4.69) is 5.32 Å². The van der Waals surface area contributed by atoms with Gasteiger partial charge in [-0.3, -0.25) is 9.69 Å². The molecule has 0 saturated heterocycles. The van der Waals surface area contributed by atoms with E-state index >= 15 is 0 Å². The second kappa shape index (κ2) is 8.21. The molecule has 2 N–H and O–H groups in total. The largest absolute Gasteiger partial charge is 0.480 e. The van der Waals surface area contributed by atoms with Crippen LogP contribution in [0.5, 0.6) is 0 Å². The van der Waals surface area contributed by atoms with E-state index in [9.17, 15) is 19.5 Å². The molecule has 2 amide bonds. The van der Waals surface area contributed by atoms with Gasteiger partial charge in [-0.1, -0.05) is 30.3 Å². The molecular formula is C19H28N2O5. The number of carboxylic acids is 1. The molecule has 1 rings (SSSR count). The Kier molecular flexibility index (Phi) is 6.78. The first-order chi connectivity index (χ1) is 11.9. The fraction of sp³-hybridized carbons (Fsp3) is 0.526. The molecule has 1 aromatic carbocycles. The maximum Gasteiger partial charge on any atom is 0.410 e. The third kappa shape index (κ3) is 6.06. The molecule has 7 heteroatoms. The van der Waals surface area contributed by atoms with Crippen LogP contribution >= 0.6 is 0 Å². The molecule has 0 bridgehead atoms. The Morgan fingerprint density at radius 3 is 2.15 bits per heavy atom. The van der Waals surface area contributed by atoms with Crippen LogP contribution < -0.4 is 5.32 Å². The third-order valence-corrected chi connectivity index (χ3v) is 3.91. The second-order valence-electron chi connectivity index (χ2n) is 7.56. The van der Waals surface area contributed by atoms with Crippen LogP contribution in [0.1, 0.15) is 40.2 Å². The van der Waals surface area contributed by atoms with E-state index in [4.69, 9.17) is 4.74 Å². The summed E-state index contributed by atoms with van der Waals surface area (Å²) < 4.78 is 5.23. The van der Waals surface area contributed by atoms with Crippen LogP contribution in [0.25, 0.3) is 0 Å². The summed E-state index contributed by atoms with van der Waals surface area (Å²) in [5.74, 6) is -1.72. The van der Waals surface area contributed by atoms with E-state index in [1.54, 1.807) is 45.0 Å². The Morgan fingerprint density at radius 1 is 1.15 bits per heavy atom. The Hall–Kier alpha value is -2.57. The van der Waals surface area contributed by atoms with Gasteiger partial charge in [0, 0.05) is 13.5 Å². The zero-order valence-electron chi connectivity index (χ0n) is 16.2. The first-order valence-corrected chi connectivity index (χ1v) is 8.41. The lowest BCUT2D eigenvalue weighted by molar-refractivity contribution is -0.147. The van der Waals surface area contributed by atoms with E-state index in [0.29, 0.717) is 0 Å². The van der Waals surface area contributed by atoms with E-state index in [-0.39, 0.29) is 6.42 Å². The number of carbonyl (C=O) groups is 3. The van der Waals surface area contributed by atoms with Gasteiger partial charge in [-0.05, 0) is 40.2 Å². The molecule has 0 saturated carbocycles. The Bertz CT molecular complexity index is 654. The number of nitrogens with one attached hydrogen (secondary N) is 1. The highest BCUT2D eigenvalue weighted by molar-refractivity contribution is 5.91. The molecule has 0 fully saturated rings. The van der Waals surface area contributed by atoms with E-state index < -0.39 is 35.2 Å². The van der Waals surface area contributed by atoms with Crippen LogP contribution in [-0.2, 0) is 20.7 Å². The van der Waals surface area contributed by atoms with Crippen molar-refractivity contribution in [1.82, 2.24) is 10.2 Å². The van der Waals surface area contributed by atoms with Gasteiger partial charge >= 0.3 is 12.1 Å². The molecule has 1 aromatic rings. The van der Waals surface area contributed by atoms with Gasteiger partial charge in [-0.2, -0.15) is 0 Å². The zero-order valence-corrected chi connectivity index (χ0v) is 16.2. The molecule has 0 aromatic heterocycles. The number of hydrogen-bond donors (Lipinski definition) is 2. The van der Waals surface area contributed by atoms with Crippen LogP contribution in [0.3, 0.4) is 0 Å². The van der Waals surface area contributed by atoms with Crippen molar-refractivity contribution in [3.63, 3.8) is 0 Å². The standard InChI is InChI=1S/C19H28N2O5/c1-13(21(6)17(25)26-18(2,3)4)15(22)20-19(5,16(23)24)12-14-10-8-7-9-11-14/h7-11,13H,12H2,1-6H3,(H,20,22)(H,23,24)/t13-,19-/m0/s1. The number of carboxylic acid groups (broad SMARTS) is 1. The lowest BCUT2D eigenvalue weighted by Gasteiger charge is -2.32. The van der Waals surface area contributed by atoms with Gasteiger partial charge in [0.05, 0.1) is 0 Å². The lowest BCUT2D eigenvalue weighted by Crippen LogP contribution is -2.58. The highest BCUT2D eigenvalue weighted by Gasteiger charge is 2.37. The van der Waals surface area contributed by atoms with E-state index in [1.165, 1.54) is 20.9 Å². The van der Waals surface area contributed by atoms with Crippen LogP contribution in [0.15, 0.2) is 30.3 Å². The molecule has 144 valence electrons. The summed E-state index contributed by atoms with van der Waals surface area (Å²) in [7, 11) is 1.44. The Labute approximate surface area is 154 Å². The molecule has 0 aliphatic heterocycles. The van der Waals surface area contributed by atoms with Gasteiger partial charge < -0.3 is 15.2 Å². The maximum absolute atomic E-state index is 12.5. The van der Waals surface area contributed by atoms with Crippen molar-refractivity contribution < 1.29 is 24.2 Å². The topological polar surface area (TPSA) is 95.9 Å². The summed E-state index contributed by atoms with van der Waals surface area (Å²) in [6.07, 6.45) is -0.530. The minimum atomic E-state index is -1.50. The average Bonchev–Trinajstić information content (AvgIpc) is 2.52. The summed E-state index contributed by atoms with van der Waals surface area (Å²) in [4.78, 5) is 37.5. The van der Waals surface area contributed by atoms with Crippen molar-refractivity contribution in [1.29, 1.82) is 0 Å². The number of ether oxygens (including phenoxy) is 1. The molecule has 0 spiro atoms. The van der Waals surface area contributed by atoms with Gasteiger partial charge in [-0.25, -0.2) is 9.59 Å². The van der Waals surface area contributed by atoms with Crippen LogP contribution in [0, 0.1) is 0 Å². The van der Waals surface area contributed by atoms with Crippen LogP contribution in [-0.4, -0.2) is 52.2 Å². The highest BCUT2D eigenvalue weighted by atomic mass is 16.6. The monoisotopic (exact) mass is 364 g/mol. The summed E-state index contributed by atoms with van der Waals surface area (Å²) in [5, 5.41) is 12.2. The average molecular weight is 364 g/mol. The highest BCUT2D eigenvalue weighted by Crippen LogP contribution is 2.16. The maximum atomic E-state index is 12.5. The molecule has 0 aliphatic rings. The van der Waals surface area contributed by atoms with Crippen molar-refractivity contribution in [2.75, 3.05) is 7.05 Å². The molecule has 0 heterocycles. The Morgan fingerprint density at radius 2 is 1.69 bits per heavy atom. The summed E-state index contributed by atoms with van der Waals surface area (Å²) in [5.41, 5.74) is -1.41. The van der Waals surface area contributed by atoms with Gasteiger partial charge in [0.2, 0.25) is 5.91 Å². The van der Waals surface area contributed by atoms with Gasteiger partial charge in [-0.15, -0.1) is 0 Å². The Balaban J connectivity index is 2.86. The van der Waals surface area contributed by atoms with Gasteiger partial charge in [0.15, 0.2) is 0 Å². The molecule has 7 nitrogen and oxygen atoms in total. The smallest absolute Gasteiger partial charge is 0.410 e. The summed E-state index contributed by atoms with van der Waals surface area (Å²) >= 11 is 0. The van der Waals surface area contributed by atoms with E-state index in [1.807, 2.05) is 6.07 Å². The van der Waals surface area contributed by atoms with Crippen molar-refractivity contribution in [2.45, 2.75) is 58.2 Å². The predicted molar refractivity (Wildman–Crippen MR) is 97.8 cm³/mol. The predicted octanol–water partition coefficient (Wildman–Crippen LogP) is 2.44. The minimum absolute atomic E-state index is 0.123. The number of carbonyl (C=O) groups excluding carboxylic acids is 2. The first kappa shape index (κ1) is 21.5. The quantitative estimate of drug-likeness (QED) is 0.808. The SMILES string of the molecule is C[C@@H](C(=O)N[C@@](C)(Cc1ccccc1)C(=O)O)N(C)C(=O)OC(C)(C)C. The lowest BCUT2D eigenvalue weighted by atomic mass is 9.92.